The minimum atomic E-state index is -1.07. The summed E-state index contributed by atoms with van der Waals surface area (Å²) in [5.41, 5.74) is 0.471. The fourth-order valence-corrected chi connectivity index (χ4v) is 2.28. The number of nitrogens with one attached hydrogen (secondary N) is 1. The Hall–Kier alpha value is -2.21. The van der Waals surface area contributed by atoms with Crippen molar-refractivity contribution < 1.29 is 19.4 Å². The fourth-order valence-electron chi connectivity index (χ4n) is 2.28. The predicted molar refractivity (Wildman–Crippen MR) is 76.8 cm³/mol. The molecule has 6 heteroatoms. The molecular formula is C15H18N2O4. The van der Waals surface area contributed by atoms with Crippen LogP contribution in [0.3, 0.4) is 0 Å². The lowest BCUT2D eigenvalue weighted by molar-refractivity contribution is -0.131. The number of nitrogens with zero attached hydrogens (tertiary/aromatic N) is 1. The van der Waals surface area contributed by atoms with Crippen molar-refractivity contribution >= 4 is 18.0 Å². The van der Waals surface area contributed by atoms with E-state index in [1.807, 2.05) is 6.92 Å². The van der Waals surface area contributed by atoms with E-state index >= 15 is 0 Å². The molecule has 1 aromatic heterocycles. The third-order valence-electron chi connectivity index (χ3n) is 3.36. The summed E-state index contributed by atoms with van der Waals surface area (Å²) >= 11 is 0. The molecule has 0 saturated carbocycles. The fraction of sp³-hybridized carbons (Fsp3) is 0.400. The average molecular weight is 290 g/mol. The Morgan fingerprint density at radius 2 is 2.33 bits per heavy atom. The summed E-state index contributed by atoms with van der Waals surface area (Å²) < 4.78 is 5.41. The molecule has 2 rings (SSSR count). The van der Waals surface area contributed by atoms with Gasteiger partial charge in [-0.2, -0.15) is 0 Å². The minimum absolute atomic E-state index is 0.254. The van der Waals surface area contributed by atoms with E-state index < -0.39 is 11.5 Å². The molecule has 1 aliphatic heterocycles. The summed E-state index contributed by atoms with van der Waals surface area (Å²) in [6.45, 7) is 3.13. The first-order chi connectivity index (χ1) is 10.0. The van der Waals surface area contributed by atoms with Crippen LogP contribution in [-0.2, 0) is 9.53 Å². The molecule has 1 unspecified atom stereocenters. The first kappa shape index (κ1) is 15.2. The number of carbonyl (C=O) groups excluding carboxylic acids is 1. The van der Waals surface area contributed by atoms with Crippen molar-refractivity contribution in [3.05, 3.63) is 35.7 Å². The van der Waals surface area contributed by atoms with Crippen LogP contribution in [0.15, 0.2) is 24.5 Å². The number of carbonyl (C=O) groups is 2. The highest BCUT2D eigenvalue weighted by Crippen LogP contribution is 2.19. The van der Waals surface area contributed by atoms with Crippen molar-refractivity contribution in [1.82, 2.24) is 10.3 Å². The monoisotopic (exact) mass is 290 g/mol. The Morgan fingerprint density at radius 1 is 1.52 bits per heavy atom. The van der Waals surface area contributed by atoms with Crippen LogP contribution in [0, 0.1) is 0 Å². The van der Waals surface area contributed by atoms with Gasteiger partial charge in [-0.25, -0.2) is 4.79 Å². The number of carboxylic acids is 1. The highest BCUT2D eigenvalue weighted by atomic mass is 16.5. The van der Waals surface area contributed by atoms with E-state index in [4.69, 9.17) is 9.84 Å². The molecule has 1 saturated heterocycles. The summed E-state index contributed by atoms with van der Waals surface area (Å²) in [5.74, 6) is -1.33. The van der Waals surface area contributed by atoms with Gasteiger partial charge in [0.2, 0.25) is 0 Å². The van der Waals surface area contributed by atoms with Crippen LogP contribution in [-0.4, -0.2) is 40.7 Å². The Morgan fingerprint density at radius 3 is 3.00 bits per heavy atom. The molecule has 0 radical (unpaired) electrons. The van der Waals surface area contributed by atoms with Gasteiger partial charge in [0.05, 0.1) is 12.1 Å². The van der Waals surface area contributed by atoms with E-state index in [1.54, 1.807) is 6.07 Å². The third kappa shape index (κ3) is 4.13. The second-order valence-electron chi connectivity index (χ2n) is 5.31. The number of amides is 1. The van der Waals surface area contributed by atoms with Gasteiger partial charge in [-0.3, -0.25) is 9.78 Å². The van der Waals surface area contributed by atoms with E-state index in [0.29, 0.717) is 24.3 Å². The lowest BCUT2D eigenvalue weighted by Gasteiger charge is -2.34. The zero-order valence-corrected chi connectivity index (χ0v) is 11.8. The van der Waals surface area contributed by atoms with Crippen molar-refractivity contribution in [3.63, 3.8) is 0 Å². The van der Waals surface area contributed by atoms with Crippen molar-refractivity contribution in [1.29, 1.82) is 0 Å². The second kappa shape index (κ2) is 6.49. The standard InChI is InChI=1S/C15H18N2O4/c1-15(6-2-8-21-10-15)17-14(20)12-5-7-16-9-11(12)3-4-13(18)19/h3-5,7,9H,2,6,8,10H2,1H3,(H,17,20)(H,18,19)/b4-3+. The van der Waals surface area contributed by atoms with Crippen LogP contribution in [0.1, 0.15) is 35.7 Å². The molecule has 2 heterocycles. The highest BCUT2D eigenvalue weighted by Gasteiger charge is 2.30. The van der Waals surface area contributed by atoms with Gasteiger partial charge in [0.15, 0.2) is 0 Å². The lowest BCUT2D eigenvalue weighted by Crippen LogP contribution is -2.51. The Bertz CT molecular complexity index is 563. The topological polar surface area (TPSA) is 88.5 Å². The van der Waals surface area contributed by atoms with E-state index in [9.17, 15) is 9.59 Å². The summed E-state index contributed by atoms with van der Waals surface area (Å²) in [5, 5.41) is 11.6. The smallest absolute Gasteiger partial charge is 0.328 e. The van der Waals surface area contributed by atoms with Crippen LogP contribution in [0.25, 0.3) is 6.08 Å². The highest BCUT2D eigenvalue weighted by molar-refractivity contribution is 5.99. The molecule has 112 valence electrons. The molecule has 2 N–H and O–H groups in total. The van der Waals surface area contributed by atoms with Gasteiger partial charge in [-0.05, 0) is 31.9 Å². The maximum absolute atomic E-state index is 12.4. The molecular weight excluding hydrogens is 272 g/mol. The molecule has 1 amide bonds. The largest absolute Gasteiger partial charge is 0.478 e. The van der Waals surface area contributed by atoms with E-state index in [2.05, 4.69) is 10.3 Å². The Balaban J connectivity index is 2.17. The zero-order valence-electron chi connectivity index (χ0n) is 11.8. The lowest BCUT2D eigenvalue weighted by atomic mass is 9.94. The Labute approximate surface area is 122 Å². The number of rotatable bonds is 4. The van der Waals surface area contributed by atoms with Crippen LogP contribution in [0.5, 0.6) is 0 Å². The van der Waals surface area contributed by atoms with Crippen LogP contribution in [0.2, 0.25) is 0 Å². The van der Waals surface area contributed by atoms with Gasteiger partial charge in [-0.1, -0.05) is 0 Å². The molecule has 21 heavy (non-hydrogen) atoms. The zero-order chi connectivity index (χ0) is 15.3. The summed E-state index contributed by atoms with van der Waals surface area (Å²) in [4.78, 5) is 26.9. The molecule has 1 aromatic rings. The first-order valence-corrected chi connectivity index (χ1v) is 6.75. The third-order valence-corrected chi connectivity index (χ3v) is 3.36. The number of carboxylic acid groups (broad SMARTS) is 1. The molecule has 0 bridgehead atoms. The van der Waals surface area contributed by atoms with Crippen molar-refractivity contribution in [3.8, 4) is 0 Å². The van der Waals surface area contributed by atoms with Gasteiger partial charge in [0.1, 0.15) is 0 Å². The number of pyridine rings is 1. The summed E-state index contributed by atoms with van der Waals surface area (Å²) in [6, 6.07) is 1.57. The summed E-state index contributed by atoms with van der Waals surface area (Å²) in [6.07, 6.45) is 7.08. The normalized spacial score (nSPS) is 22.1. The molecule has 1 atom stereocenters. The molecule has 0 spiro atoms. The maximum atomic E-state index is 12.4. The minimum Gasteiger partial charge on any atom is -0.478 e. The number of hydrogen-bond donors (Lipinski definition) is 2. The van der Waals surface area contributed by atoms with E-state index in [-0.39, 0.29) is 5.91 Å². The van der Waals surface area contributed by atoms with Gasteiger partial charge >= 0.3 is 5.97 Å². The number of aromatic nitrogens is 1. The number of hydrogen-bond acceptors (Lipinski definition) is 4. The van der Waals surface area contributed by atoms with Crippen LogP contribution < -0.4 is 5.32 Å². The maximum Gasteiger partial charge on any atom is 0.328 e. The van der Waals surface area contributed by atoms with Gasteiger partial charge in [-0.15, -0.1) is 0 Å². The first-order valence-electron chi connectivity index (χ1n) is 6.75. The van der Waals surface area contributed by atoms with Gasteiger partial charge in [0.25, 0.3) is 5.91 Å². The molecule has 0 aromatic carbocycles. The van der Waals surface area contributed by atoms with E-state index in [1.165, 1.54) is 18.5 Å². The predicted octanol–water partition coefficient (Wildman–Crippen LogP) is 1.48. The Kier molecular flexibility index (Phi) is 4.70. The SMILES string of the molecule is CC1(NC(=O)c2ccncc2/C=C/C(=O)O)CCCOC1. The van der Waals surface area contributed by atoms with Gasteiger partial charge < -0.3 is 15.2 Å². The van der Waals surface area contributed by atoms with Crippen LogP contribution >= 0.6 is 0 Å². The number of aliphatic carboxylic acids is 1. The molecule has 0 aliphatic carbocycles. The second-order valence-corrected chi connectivity index (χ2v) is 5.31. The van der Waals surface area contributed by atoms with Crippen LogP contribution in [0.4, 0.5) is 0 Å². The van der Waals surface area contributed by atoms with Crippen molar-refractivity contribution in [2.24, 2.45) is 0 Å². The van der Waals surface area contributed by atoms with E-state index in [0.717, 1.165) is 18.9 Å². The quantitative estimate of drug-likeness (QED) is 0.820. The molecule has 6 nitrogen and oxygen atoms in total. The number of ether oxygens (including phenoxy) is 1. The average Bonchev–Trinajstić information content (AvgIpc) is 2.45. The molecule has 1 aliphatic rings. The van der Waals surface area contributed by atoms with Gasteiger partial charge in [0, 0.05) is 36.2 Å². The van der Waals surface area contributed by atoms with Crippen molar-refractivity contribution in [2.75, 3.05) is 13.2 Å². The van der Waals surface area contributed by atoms with Crippen molar-refractivity contribution in [2.45, 2.75) is 25.3 Å². The molecule has 1 fully saturated rings. The summed E-state index contributed by atoms with van der Waals surface area (Å²) in [7, 11) is 0.